The molecule has 0 saturated carbocycles. The molecule has 0 spiro atoms. The van der Waals surface area contributed by atoms with Crippen molar-refractivity contribution in [2.45, 2.75) is 25.4 Å². The zero-order valence-corrected chi connectivity index (χ0v) is 17.6. The molecule has 1 aromatic heterocycles. The number of hydrogen-bond donors (Lipinski definition) is 4. The smallest absolute Gasteiger partial charge is 0.329 e. The Hall–Kier alpha value is -3.14. The number of carbonyl (C=O) groups excluding carboxylic acids is 3. The Kier molecular flexibility index (Phi) is 5.81. The van der Waals surface area contributed by atoms with Crippen LogP contribution in [0.2, 0.25) is 10.0 Å². The standard InChI is InChI=1S/C20H18Cl2N6O3/c21-12-3-2-11(8-13(12)22)28-19(30)15(27-20(28)31)5-6-18(29)24-10-1-4-14-16(7-10)26-17(9-23)25-14/h1-4,7-8,15H,5-6,9,23H2,(H,24,29)(H,25,26)(H,27,31). The van der Waals surface area contributed by atoms with Crippen molar-refractivity contribution in [3.05, 3.63) is 52.3 Å². The van der Waals surface area contributed by atoms with E-state index >= 15 is 0 Å². The maximum Gasteiger partial charge on any atom is 0.329 e. The quantitative estimate of drug-likeness (QED) is 0.419. The molecule has 3 aromatic rings. The number of rotatable bonds is 6. The Morgan fingerprint density at radius 2 is 1.97 bits per heavy atom. The van der Waals surface area contributed by atoms with Gasteiger partial charge in [-0.1, -0.05) is 23.2 Å². The molecular formula is C20H18Cl2N6O3. The number of H-pyrrole nitrogens is 1. The lowest BCUT2D eigenvalue weighted by molar-refractivity contribution is -0.119. The van der Waals surface area contributed by atoms with Crippen LogP contribution in [0.1, 0.15) is 18.7 Å². The third-order valence-electron chi connectivity index (χ3n) is 4.85. The monoisotopic (exact) mass is 460 g/mol. The molecular weight excluding hydrogens is 443 g/mol. The SMILES string of the molecule is NCc1nc2ccc(NC(=O)CCC3NC(=O)N(c4ccc(Cl)c(Cl)c4)C3=O)cc2[nH]1. The number of halogens is 2. The van der Waals surface area contributed by atoms with Crippen molar-refractivity contribution < 1.29 is 14.4 Å². The number of anilines is 2. The van der Waals surface area contributed by atoms with E-state index in [1.54, 1.807) is 18.2 Å². The molecule has 2 heterocycles. The highest BCUT2D eigenvalue weighted by atomic mass is 35.5. The van der Waals surface area contributed by atoms with Gasteiger partial charge in [0.1, 0.15) is 11.9 Å². The van der Waals surface area contributed by atoms with Crippen molar-refractivity contribution in [1.82, 2.24) is 15.3 Å². The number of imide groups is 1. The topological polar surface area (TPSA) is 133 Å². The van der Waals surface area contributed by atoms with E-state index < -0.39 is 18.0 Å². The van der Waals surface area contributed by atoms with E-state index in [4.69, 9.17) is 28.9 Å². The van der Waals surface area contributed by atoms with E-state index in [1.807, 2.05) is 0 Å². The predicted octanol–water partition coefficient (Wildman–Crippen LogP) is 3.17. The van der Waals surface area contributed by atoms with Gasteiger partial charge in [-0.25, -0.2) is 14.7 Å². The molecule has 0 bridgehead atoms. The number of aromatic nitrogens is 2. The van der Waals surface area contributed by atoms with Crippen LogP contribution in [-0.2, 0) is 16.1 Å². The number of carbonyl (C=O) groups is 3. The lowest BCUT2D eigenvalue weighted by Gasteiger charge is -2.13. The summed E-state index contributed by atoms with van der Waals surface area (Å²) in [5, 5.41) is 5.93. The lowest BCUT2D eigenvalue weighted by atomic mass is 10.1. The number of hydrogen-bond acceptors (Lipinski definition) is 5. The molecule has 1 saturated heterocycles. The van der Waals surface area contributed by atoms with Gasteiger partial charge in [-0.05, 0) is 42.8 Å². The van der Waals surface area contributed by atoms with Crippen LogP contribution in [0.25, 0.3) is 11.0 Å². The largest absolute Gasteiger partial charge is 0.341 e. The van der Waals surface area contributed by atoms with Crippen LogP contribution in [0.4, 0.5) is 16.2 Å². The van der Waals surface area contributed by atoms with Crippen molar-refractivity contribution in [1.29, 1.82) is 0 Å². The Labute approximate surface area is 186 Å². The third kappa shape index (κ3) is 4.34. The lowest BCUT2D eigenvalue weighted by Crippen LogP contribution is -2.31. The van der Waals surface area contributed by atoms with Crippen molar-refractivity contribution >= 4 is 63.5 Å². The number of aromatic amines is 1. The van der Waals surface area contributed by atoms with Crippen molar-refractivity contribution in [3.8, 4) is 0 Å². The minimum atomic E-state index is -0.810. The van der Waals surface area contributed by atoms with E-state index in [1.165, 1.54) is 18.2 Å². The first kappa shape index (κ1) is 21.1. The van der Waals surface area contributed by atoms with E-state index in [0.29, 0.717) is 22.2 Å². The Balaban J connectivity index is 1.37. The summed E-state index contributed by atoms with van der Waals surface area (Å²) in [6.45, 7) is 0.288. The first-order valence-electron chi connectivity index (χ1n) is 9.44. The van der Waals surface area contributed by atoms with Crippen LogP contribution in [0.5, 0.6) is 0 Å². The first-order chi connectivity index (χ1) is 14.9. The van der Waals surface area contributed by atoms with Gasteiger partial charge in [0.25, 0.3) is 5.91 Å². The zero-order chi connectivity index (χ0) is 22.1. The van der Waals surface area contributed by atoms with Gasteiger partial charge < -0.3 is 21.4 Å². The number of urea groups is 1. The minimum Gasteiger partial charge on any atom is -0.341 e. The molecule has 1 unspecified atom stereocenters. The van der Waals surface area contributed by atoms with Crippen molar-refractivity contribution in [2.24, 2.45) is 5.73 Å². The summed E-state index contributed by atoms with van der Waals surface area (Å²) in [4.78, 5) is 45.7. The van der Waals surface area contributed by atoms with E-state index in [2.05, 4.69) is 20.6 Å². The number of fused-ring (bicyclic) bond motifs is 1. The van der Waals surface area contributed by atoms with Crippen LogP contribution >= 0.6 is 23.2 Å². The highest BCUT2D eigenvalue weighted by molar-refractivity contribution is 6.42. The van der Waals surface area contributed by atoms with Gasteiger partial charge in [-0.3, -0.25) is 9.59 Å². The summed E-state index contributed by atoms with van der Waals surface area (Å²) >= 11 is 11.9. The summed E-state index contributed by atoms with van der Waals surface area (Å²) in [6, 6.07) is 8.36. The maximum atomic E-state index is 12.7. The van der Waals surface area contributed by atoms with Crippen LogP contribution in [-0.4, -0.2) is 33.9 Å². The summed E-state index contributed by atoms with van der Waals surface area (Å²) in [5.41, 5.74) is 7.99. The Morgan fingerprint density at radius 1 is 1.16 bits per heavy atom. The zero-order valence-electron chi connectivity index (χ0n) is 16.1. The summed E-state index contributed by atoms with van der Waals surface area (Å²) < 4.78 is 0. The fourth-order valence-corrected chi connectivity index (χ4v) is 3.62. The average Bonchev–Trinajstić information content (AvgIpc) is 3.28. The molecule has 1 atom stereocenters. The molecule has 4 rings (SSSR count). The normalized spacial score (nSPS) is 16.1. The molecule has 160 valence electrons. The second-order valence-corrected chi connectivity index (χ2v) is 7.79. The van der Waals surface area contributed by atoms with Crippen LogP contribution in [0, 0.1) is 0 Å². The molecule has 1 aliphatic heterocycles. The van der Waals surface area contributed by atoms with Gasteiger partial charge >= 0.3 is 6.03 Å². The van der Waals surface area contributed by atoms with Gasteiger partial charge in [0.15, 0.2) is 0 Å². The first-order valence-corrected chi connectivity index (χ1v) is 10.2. The number of nitrogens with one attached hydrogen (secondary N) is 3. The van der Waals surface area contributed by atoms with E-state index in [9.17, 15) is 14.4 Å². The fourth-order valence-electron chi connectivity index (χ4n) is 3.33. The molecule has 2 aromatic carbocycles. The molecule has 5 N–H and O–H groups in total. The van der Waals surface area contributed by atoms with Crippen molar-refractivity contribution in [2.75, 3.05) is 10.2 Å². The van der Waals surface area contributed by atoms with Gasteiger partial charge in [0.05, 0.1) is 33.3 Å². The van der Waals surface area contributed by atoms with Crippen molar-refractivity contribution in [3.63, 3.8) is 0 Å². The van der Waals surface area contributed by atoms with E-state index in [-0.39, 0.29) is 30.3 Å². The summed E-state index contributed by atoms with van der Waals surface area (Å²) in [7, 11) is 0. The molecule has 11 heteroatoms. The third-order valence-corrected chi connectivity index (χ3v) is 5.59. The molecule has 0 radical (unpaired) electrons. The summed E-state index contributed by atoms with van der Waals surface area (Å²) in [6.07, 6.45) is 0.193. The number of imidazole rings is 1. The highest BCUT2D eigenvalue weighted by Gasteiger charge is 2.39. The van der Waals surface area contributed by atoms with Gasteiger partial charge in [-0.15, -0.1) is 0 Å². The Bertz CT molecular complexity index is 1190. The molecule has 9 nitrogen and oxygen atoms in total. The number of nitrogens with two attached hydrogens (primary N) is 1. The molecule has 1 aliphatic rings. The maximum absolute atomic E-state index is 12.7. The summed E-state index contributed by atoms with van der Waals surface area (Å²) in [5.74, 6) is -0.0853. The van der Waals surface area contributed by atoms with Crippen LogP contribution < -0.4 is 21.3 Å². The highest BCUT2D eigenvalue weighted by Crippen LogP contribution is 2.29. The molecule has 1 fully saturated rings. The molecule has 31 heavy (non-hydrogen) atoms. The predicted molar refractivity (Wildman–Crippen MR) is 118 cm³/mol. The van der Waals surface area contributed by atoms with E-state index in [0.717, 1.165) is 15.9 Å². The van der Waals surface area contributed by atoms with Crippen LogP contribution in [0.15, 0.2) is 36.4 Å². The fraction of sp³-hybridized carbons (Fsp3) is 0.200. The molecule has 0 aliphatic carbocycles. The Morgan fingerprint density at radius 3 is 2.71 bits per heavy atom. The van der Waals surface area contributed by atoms with Crippen LogP contribution in [0.3, 0.4) is 0 Å². The second kappa shape index (κ2) is 8.54. The van der Waals surface area contributed by atoms with Gasteiger partial charge in [0, 0.05) is 12.1 Å². The number of nitrogens with zero attached hydrogens (tertiary/aromatic N) is 2. The molecule has 4 amide bonds. The average molecular weight is 461 g/mol. The number of benzene rings is 2. The second-order valence-electron chi connectivity index (χ2n) is 6.98. The van der Waals surface area contributed by atoms with Gasteiger partial charge in [-0.2, -0.15) is 0 Å². The van der Waals surface area contributed by atoms with Gasteiger partial charge in [0.2, 0.25) is 5.91 Å². The minimum absolute atomic E-state index is 0.0426. The number of amides is 4.